The SMILES string of the molecule is Cc1ccccc1C(C)n1c(=S)[nH]c2c(C)cccc21. The lowest BCUT2D eigenvalue weighted by Crippen LogP contribution is -2.08. The van der Waals surface area contributed by atoms with Crippen molar-refractivity contribution in [3.05, 3.63) is 63.9 Å². The van der Waals surface area contributed by atoms with Crippen LogP contribution in [0.5, 0.6) is 0 Å². The maximum Gasteiger partial charge on any atom is 0.178 e. The van der Waals surface area contributed by atoms with Gasteiger partial charge in [-0.25, -0.2) is 0 Å². The molecule has 0 spiro atoms. The van der Waals surface area contributed by atoms with E-state index in [0.717, 1.165) is 10.3 Å². The summed E-state index contributed by atoms with van der Waals surface area (Å²) in [5, 5.41) is 0. The van der Waals surface area contributed by atoms with E-state index in [-0.39, 0.29) is 6.04 Å². The highest BCUT2D eigenvalue weighted by Gasteiger charge is 2.15. The van der Waals surface area contributed by atoms with Gasteiger partial charge in [0, 0.05) is 0 Å². The minimum absolute atomic E-state index is 0.222. The number of rotatable bonds is 2. The van der Waals surface area contributed by atoms with Crippen molar-refractivity contribution in [3.8, 4) is 0 Å². The lowest BCUT2D eigenvalue weighted by atomic mass is 10.0. The lowest BCUT2D eigenvalue weighted by molar-refractivity contribution is 0.645. The largest absolute Gasteiger partial charge is 0.330 e. The molecule has 1 unspecified atom stereocenters. The molecule has 0 radical (unpaired) electrons. The van der Waals surface area contributed by atoms with Crippen LogP contribution in [0.1, 0.15) is 29.7 Å². The van der Waals surface area contributed by atoms with Crippen LogP contribution < -0.4 is 0 Å². The third-order valence-electron chi connectivity index (χ3n) is 3.99. The fraction of sp³-hybridized carbons (Fsp3) is 0.235. The van der Waals surface area contributed by atoms with Crippen molar-refractivity contribution in [1.29, 1.82) is 0 Å². The number of aromatic amines is 1. The van der Waals surface area contributed by atoms with Crippen LogP contribution in [-0.4, -0.2) is 9.55 Å². The monoisotopic (exact) mass is 282 g/mol. The first-order valence-corrected chi connectivity index (χ1v) is 7.26. The number of aryl methyl sites for hydroxylation is 2. The number of hydrogen-bond donors (Lipinski definition) is 1. The predicted octanol–water partition coefficient (Wildman–Crippen LogP) is 4.93. The molecule has 0 aliphatic heterocycles. The molecule has 1 N–H and O–H groups in total. The van der Waals surface area contributed by atoms with Crippen LogP contribution in [0.15, 0.2) is 42.5 Å². The second kappa shape index (κ2) is 4.91. The van der Waals surface area contributed by atoms with Gasteiger partial charge in [-0.2, -0.15) is 0 Å². The Morgan fingerprint density at radius 3 is 2.45 bits per heavy atom. The number of nitrogens with one attached hydrogen (secondary N) is 1. The molecular weight excluding hydrogens is 264 g/mol. The van der Waals surface area contributed by atoms with Gasteiger partial charge in [0.1, 0.15) is 0 Å². The quantitative estimate of drug-likeness (QED) is 0.661. The fourth-order valence-electron chi connectivity index (χ4n) is 2.87. The molecule has 2 nitrogen and oxygen atoms in total. The van der Waals surface area contributed by atoms with E-state index in [1.807, 2.05) is 0 Å². The van der Waals surface area contributed by atoms with Crippen molar-refractivity contribution in [2.24, 2.45) is 0 Å². The minimum atomic E-state index is 0.222. The maximum absolute atomic E-state index is 5.54. The lowest BCUT2D eigenvalue weighted by Gasteiger charge is -2.17. The summed E-state index contributed by atoms with van der Waals surface area (Å²) in [5.74, 6) is 0. The van der Waals surface area contributed by atoms with Crippen LogP contribution in [0.2, 0.25) is 0 Å². The molecule has 0 bridgehead atoms. The van der Waals surface area contributed by atoms with Gasteiger partial charge in [0.25, 0.3) is 0 Å². The average molecular weight is 282 g/mol. The van der Waals surface area contributed by atoms with E-state index in [2.05, 4.69) is 72.8 Å². The highest BCUT2D eigenvalue weighted by Crippen LogP contribution is 2.27. The van der Waals surface area contributed by atoms with E-state index in [4.69, 9.17) is 12.2 Å². The Balaban J connectivity index is 2.25. The van der Waals surface area contributed by atoms with Crippen LogP contribution >= 0.6 is 12.2 Å². The van der Waals surface area contributed by atoms with Gasteiger partial charge >= 0.3 is 0 Å². The Labute approximate surface area is 124 Å². The molecule has 102 valence electrons. The normalized spacial score (nSPS) is 12.8. The van der Waals surface area contributed by atoms with Gasteiger partial charge in [0.15, 0.2) is 4.77 Å². The Kier molecular flexibility index (Phi) is 3.22. The first-order valence-electron chi connectivity index (χ1n) is 6.85. The zero-order valence-corrected chi connectivity index (χ0v) is 12.8. The van der Waals surface area contributed by atoms with Crippen molar-refractivity contribution < 1.29 is 0 Å². The summed E-state index contributed by atoms with van der Waals surface area (Å²) in [6.07, 6.45) is 0. The number of fused-ring (bicyclic) bond motifs is 1. The summed E-state index contributed by atoms with van der Waals surface area (Å²) in [6.45, 7) is 6.46. The Bertz CT molecular complexity index is 826. The topological polar surface area (TPSA) is 20.7 Å². The van der Waals surface area contributed by atoms with E-state index >= 15 is 0 Å². The van der Waals surface area contributed by atoms with Crippen molar-refractivity contribution in [2.75, 3.05) is 0 Å². The zero-order valence-electron chi connectivity index (χ0n) is 12.0. The van der Waals surface area contributed by atoms with Gasteiger partial charge in [-0.3, -0.25) is 0 Å². The second-order valence-electron chi connectivity index (χ2n) is 5.30. The first kappa shape index (κ1) is 13.1. The first-order chi connectivity index (χ1) is 9.59. The average Bonchev–Trinajstić information content (AvgIpc) is 2.76. The van der Waals surface area contributed by atoms with Crippen molar-refractivity contribution in [1.82, 2.24) is 9.55 Å². The van der Waals surface area contributed by atoms with Crippen LogP contribution in [0.3, 0.4) is 0 Å². The molecule has 3 aromatic rings. The number of aromatic nitrogens is 2. The minimum Gasteiger partial charge on any atom is -0.330 e. The van der Waals surface area contributed by atoms with Crippen LogP contribution in [0.25, 0.3) is 11.0 Å². The van der Waals surface area contributed by atoms with Gasteiger partial charge < -0.3 is 9.55 Å². The summed E-state index contributed by atoms with van der Waals surface area (Å²) < 4.78 is 2.99. The summed E-state index contributed by atoms with van der Waals surface area (Å²) in [6, 6.07) is 15.0. The molecule has 3 rings (SSSR count). The van der Waals surface area contributed by atoms with Gasteiger partial charge in [0.2, 0.25) is 0 Å². The van der Waals surface area contributed by atoms with E-state index in [9.17, 15) is 0 Å². The van der Waals surface area contributed by atoms with Crippen LogP contribution in [0.4, 0.5) is 0 Å². The van der Waals surface area contributed by atoms with Gasteiger partial charge in [-0.15, -0.1) is 0 Å². The van der Waals surface area contributed by atoms with Crippen LogP contribution in [-0.2, 0) is 0 Å². The Morgan fingerprint density at radius 2 is 1.70 bits per heavy atom. The molecule has 0 amide bonds. The third kappa shape index (κ3) is 1.98. The second-order valence-corrected chi connectivity index (χ2v) is 5.69. The van der Waals surface area contributed by atoms with Gasteiger partial charge in [-0.1, -0.05) is 36.4 Å². The molecule has 1 aromatic heterocycles. The van der Waals surface area contributed by atoms with E-state index < -0.39 is 0 Å². The number of nitrogens with zero attached hydrogens (tertiary/aromatic N) is 1. The van der Waals surface area contributed by atoms with E-state index in [0.29, 0.717) is 0 Å². The van der Waals surface area contributed by atoms with Crippen LogP contribution in [0, 0.1) is 18.6 Å². The zero-order chi connectivity index (χ0) is 14.3. The molecule has 20 heavy (non-hydrogen) atoms. The number of H-pyrrole nitrogens is 1. The smallest absolute Gasteiger partial charge is 0.178 e. The molecule has 1 heterocycles. The van der Waals surface area contributed by atoms with E-state index in [1.165, 1.54) is 22.2 Å². The number of imidazole rings is 1. The molecular formula is C17H18N2S. The maximum atomic E-state index is 5.54. The highest BCUT2D eigenvalue weighted by atomic mass is 32.1. The molecule has 2 aromatic carbocycles. The van der Waals surface area contributed by atoms with Gasteiger partial charge in [0.05, 0.1) is 17.1 Å². The number of benzene rings is 2. The van der Waals surface area contributed by atoms with Crippen molar-refractivity contribution in [3.63, 3.8) is 0 Å². The predicted molar refractivity (Wildman–Crippen MR) is 86.9 cm³/mol. The molecule has 0 saturated heterocycles. The Hall–Kier alpha value is -1.87. The number of para-hydroxylation sites is 1. The highest BCUT2D eigenvalue weighted by molar-refractivity contribution is 7.71. The summed E-state index contributed by atoms with van der Waals surface area (Å²) >= 11 is 5.54. The molecule has 0 aliphatic rings. The Morgan fingerprint density at radius 1 is 1.00 bits per heavy atom. The number of hydrogen-bond acceptors (Lipinski definition) is 1. The van der Waals surface area contributed by atoms with E-state index in [1.54, 1.807) is 0 Å². The third-order valence-corrected chi connectivity index (χ3v) is 4.29. The molecule has 0 saturated carbocycles. The molecule has 1 atom stereocenters. The van der Waals surface area contributed by atoms with Crippen molar-refractivity contribution in [2.45, 2.75) is 26.8 Å². The molecule has 3 heteroatoms. The summed E-state index contributed by atoms with van der Waals surface area (Å²) in [5.41, 5.74) is 6.14. The summed E-state index contributed by atoms with van der Waals surface area (Å²) in [4.78, 5) is 3.34. The standard InChI is InChI=1S/C17H18N2S/c1-11-7-4-5-9-14(11)13(3)19-15-10-6-8-12(2)16(15)18-17(19)20/h4-10,13H,1-3H3,(H,18,20). The summed E-state index contributed by atoms with van der Waals surface area (Å²) in [7, 11) is 0. The fourth-order valence-corrected chi connectivity index (χ4v) is 3.23. The molecule has 0 fully saturated rings. The van der Waals surface area contributed by atoms with Crippen molar-refractivity contribution >= 4 is 23.3 Å². The molecule has 0 aliphatic carbocycles. The van der Waals surface area contributed by atoms with Gasteiger partial charge in [-0.05, 0) is 55.7 Å².